The minimum absolute atomic E-state index is 0.0270. The van der Waals surface area contributed by atoms with E-state index in [0.717, 1.165) is 0 Å². The second-order valence-electron chi connectivity index (χ2n) is 18.8. The van der Waals surface area contributed by atoms with E-state index in [9.17, 15) is 38.7 Å². The van der Waals surface area contributed by atoms with Gasteiger partial charge in [0, 0.05) is 12.0 Å². The quantitative estimate of drug-likeness (QED) is 0.0705. The first-order valence-electron chi connectivity index (χ1n) is 23.4. The molecule has 0 saturated carbocycles. The summed E-state index contributed by atoms with van der Waals surface area (Å²) in [4.78, 5) is 96.7. The Balaban J connectivity index is 2.15. The summed E-state index contributed by atoms with van der Waals surface area (Å²) < 4.78 is 0. The largest absolute Gasteiger partial charge is 0.507 e. The maximum Gasteiger partial charge on any atom is 0.243 e. The zero-order valence-corrected chi connectivity index (χ0v) is 39.6. The molecule has 0 unspecified atom stereocenters. The van der Waals surface area contributed by atoms with Crippen LogP contribution in [0.3, 0.4) is 0 Å². The van der Waals surface area contributed by atoms with Crippen LogP contribution in [0.4, 0.5) is 0 Å². The predicted octanol–water partition coefficient (Wildman–Crippen LogP) is 1.28. The monoisotopic (exact) mass is 921 g/mol. The van der Waals surface area contributed by atoms with Crippen molar-refractivity contribution in [1.82, 2.24) is 31.9 Å². The number of phenolic OH excluding ortho intramolecular Hbond substituents is 1. The van der Waals surface area contributed by atoms with Crippen LogP contribution in [-0.4, -0.2) is 102 Å². The number of carbonyl (C=O) groups is 7. The van der Waals surface area contributed by atoms with E-state index in [1.807, 2.05) is 41.5 Å². The zero-order valence-electron chi connectivity index (χ0n) is 39.6. The summed E-state index contributed by atoms with van der Waals surface area (Å²) in [5.74, 6) is -4.71. The summed E-state index contributed by atoms with van der Waals surface area (Å²) in [6.07, 6.45) is 3.14. The van der Waals surface area contributed by atoms with Crippen molar-refractivity contribution in [3.05, 3.63) is 53.6 Å². The number of unbranched alkanes of at least 4 members (excludes halogenated alkanes) is 2. The molecule has 15 N–H and O–H groups in total. The summed E-state index contributed by atoms with van der Waals surface area (Å²) >= 11 is 0. The van der Waals surface area contributed by atoms with Crippen molar-refractivity contribution in [3.8, 4) is 16.9 Å². The first kappa shape index (κ1) is 54.7. The molecule has 2 aromatic rings. The molecule has 4 bridgehead atoms. The third kappa shape index (κ3) is 18.0. The molecule has 18 nitrogen and oxygen atoms in total. The molecular formula is C48H76N10O8. The standard InChI is InChI=1S/C48H76N10O8/c1-27(2)21-37(42(52)60)55-46(64)38(22-28(3)4)57-48(66)40-26-30-13-16-32(17-14-30)33-24-31(15-18-41(33)59)25-34(51)43(61)53-35(11-7-9-19-49)44(62)54-36(12-8-10-20-50)45(63)56-39(23-29(5)6)47(65)58-40/h13-18,24,27-29,34-40,59H,7-12,19-23,25-26,49-51H2,1-6H3,(H2,52,60)(H,53,61)(H,54,62)(H,55,64)(H,56,63)(H,57,66)(H,58,65)/t34-,35-,36-,37-,38-,39-,40-/m0/s1. The highest BCUT2D eigenvalue weighted by Gasteiger charge is 2.34. The summed E-state index contributed by atoms with van der Waals surface area (Å²) in [6, 6.07) is 4.06. The lowest BCUT2D eigenvalue weighted by atomic mass is 9.95. The van der Waals surface area contributed by atoms with Gasteiger partial charge in [0.2, 0.25) is 41.4 Å². The molecule has 7 atom stereocenters. The van der Waals surface area contributed by atoms with Crippen molar-refractivity contribution >= 4 is 41.4 Å². The predicted molar refractivity (Wildman–Crippen MR) is 254 cm³/mol. The minimum atomic E-state index is -1.27. The van der Waals surface area contributed by atoms with Gasteiger partial charge in [0.1, 0.15) is 42.0 Å². The molecule has 0 spiro atoms. The van der Waals surface area contributed by atoms with E-state index in [0.29, 0.717) is 67.4 Å². The molecule has 18 heteroatoms. The molecule has 2 aliphatic heterocycles. The zero-order chi connectivity index (χ0) is 49.1. The number of carbonyl (C=O) groups excluding carboxylic acids is 7. The normalized spacial score (nSPS) is 20.9. The Morgan fingerprint density at radius 2 is 1.17 bits per heavy atom. The molecule has 366 valence electrons. The maximum absolute atomic E-state index is 14.4. The number of nitrogens with two attached hydrogens (primary N) is 4. The summed E-state index contributed by atoms with van der Waals surface area (Å²) in [7, 11) is 0. The van der Waals surface area contributed by atoms with E-state index in [4.69, 9.17) is 22.9 Å². The fourth-order valence-electron chi connectivity index (χ4n) is 7.84. The Morgan fingerprint density at radius 1 is 0.652 bits per heavy atom. The van der Waals surface area contributed by atoms with Crippen molar-refractivity contribution in [2.45, 2.75) is 154 Å². The van der Waals surface area contributed by atoms with Gasteiger partial charge in [0.15, 0.2) is 0 Å². The van der Waals surface area contributed by atoms with E-state index >= 15 is 0 Å². The first-order chi connectivity index (χ1) is 31.2. The lowest BCUT2D eigenvalue weighted by Gasteiger charge is -2.29. The van der Waals surface area contributed by atoms with E-state index in [1.54, 1.807) is 36.4 Å². The van der Waals surface area contributed by atoms with Gasteiger partial charge in [-0.3, -0.25) is 33.6 Å². The van der Waals surface area contributed by atoms with Crippen LogP contribution in [0.5, 0.6) is 5.75 Å². The SMILES string of the molecule is CC(C)C[C@H](NC(=O)[C@H](CC(C)C)NC(=O)[C@@H]1Cc2ccc(cc2)-c2cc(ccc2O)C[C@H](N)C(=O)N[C@@H](CCCCN)C(=O)N[C@@H](CCCCN)C(=O)N[C@@H](CC(C)C)C(=O)N1)C(N)=O. The highest BCUT2D eigenvalue weighted by molar-refractivity contribution is 5.97. The van der Waals surface area contributed by atoms with Crippen LogP contribution in [-0.2, 0) is 46.4 Å². The number of primary amides is 1. The van der Waals surface area contributed by atoms with Gasteiger partial charge in [-0.05, 0) is 124 Å². The molecule has 4 rings (SSSR count). The second kappa shape index (κ2) is 27.1. The Morgan fingerprint density at radius 3 is 1.70 bits per heavy atom. The number of hydrogen-bond acceptors (Lipinski definition) is 11. The van der Waals surface area contributed by atoms with Crippen molar-refractivity contribution in [1.29, 1.82) is 0 Å². The fourth-order valence-corrected chi connectivity index (χ4v) is 7.84. The molecular weight excluding hydrogens is 845 g/mol. The Hall–Kier alpha value is -5.59. The van der Waals surface area contributed by atoms with Gasteiger partial charge >= 0.3 is 0 Å². The molecule has 7 amide bonds. The van der Waals surface area contributed by atoms with Crippen LogP contribution in [0.15, 0.2) is 42.5 Å². The van der Waals surface area contributed by atoms with Gasteiger partial charge in [0.05, 0.1) is 6.04 Å². The molecule has 2 heterocycles. The Kier molecular flexibility index (Phi) is 22.5. The number of hydrogen-bond donors (Lipinski definition) is 11. The van der Waals surface area contributed by atoms with Crippen LogP contribution in [0, 0.1) is 17.8 Å². The number of nitrogens with one attached hydrogen (secondary N) is 6. The number of fused-ring (bicyclic) bond motifs is 16. The maximum atomic E-state index is 14.4. The molecule has 0 saturated heterocycles. The third-order valence-corrected chi connectivity index (χ3v) is 11.4. The highest BCUT2D eigenvalue weighted by atomic mass is 16.3. The molecule has 2 aromatic carbocycles. The summed E-state index contributed by atoms with van der Waals surface area (Å²) in [5.41, 5.74) is 25.9. The van der Waals surface area contributed by atoms with Crippen LogP contribution in [0.2, 0.25) is 0 Å². The van der Waals surface area contributed by atoms with Gasteiger partial charge in [-0.15, -0.1) is 0 Å². The van der Waals surface area contributed by atoms with E-state index < -0.39 is 83.6 Å². The van der Waals surface area contributed by atoms with Gasteiger partial charge < -0.3 is 59.9 Å². The number of amides is 7. The number of aromatic hydroxyl groups is 1. The number of benzene rings is 2. The van der Waals surface area contributed by atoms with Gasteiger partial charge in [-0.1, -0.05) is 71.9 Å². The van der Waals surface area contributed by atoms with Crippen molar-refractivity contribution in [2.24, 2.45) is 40.7 Å². The van der Waals surface area contributed by atoms with Crippen molar-refractivity contribution < 1.29 is 38.7 Å². The average Bonchev–Trinajstić information content (AvgIpc) is 3.24. The third-order valence-electron chi connectivity index (χ3n) is 11.4. The van der Waals surface area contributed by atoms with E-state index in [1.165, 1.54) is 6.07 Å². The summed E-state index contributed by atoms with van der Waals surface area (Å²) in [6.45, 7) is 12.0. The Bertz CT molecular complexity index is 1940. The van der Waals surface area contributed by atoms with Gasteiger partial charge in [0.25, 0.3) is 0 Å². The van der Waals surface area contributed by atoms with E-state index in [2.05, 4.69) is 31.9 Å². The minimum Gasteiger partial charge on any atom is -0.507 e. The Labute approximate surface area is 389 Å². The molecule has 0 fully saturated rings. The fraction of sp³-hybridized carbons (Fsp3) is 0.604. The highest BCUT2D eigenvalue weighted by Crippen LogP contribution is 2.31. The lowest BCUT2D eigenvalue weighted by Crippen LogP contribution is -2.60. The van der Waals surface area contributed by atoms with Crippen LogP contribution >= 0.6 is 0 Å². The van der Waals surface area contributed by atoms with Crippen molar-refractivity contribution in [3.63, 3.8) is 0 Å². The second-order valence-corrected chi connectivity index (χ2v) is 18.8. The topological polar surface area (TPSA) is 316 Å². The van der Waals surface area contributed by atoms with Gasteiger partial charge in [-0.2, -0.15) is 0 Å². The van der Waals surface area contributed by atoms with E-state index in [-0.39, 0.29) is 62.0 Å². The molecule has 0 aliphatic carbocycles. The summed E-state index contributed by atoms with van der Waals surface area (Å²) in [5, 5.41) is 27.7. The average molecular weight is 921 g/mol. The number of rotatable bonds is 19. The lowest BCUT2D eigenvalue weighted by molar-refractivity contribution is -0.136. The van der Waals surface area contributed by atoms with Crippen LogP contribution < -0.4 is 54.8 Å². The molecule has 66 heavy (non-hydrogen) atoms. The number of phenols is 1. The molecule has 2 aliphatic rings. The first-order valence-corrected chi connectivity index (χ1v) is 23.4. The van der Waals surface area contributed by atoms with Crippen LogP contribution in [0.1, 0.15) is 110 Å². The van der Waals surface area contributed by atoms with Crippen LogP contribution in [0.25, 0.3) is 11.1 Å². The molecule has 0 radical (unpaired) electrons. The van der Waals surface area contributed by atoms with Gasteiger partial charge in [-0.25, -0.2) is 0 Å². The smallest absolute Gasteiger partial charge is 0.243 e. The molecule has 0 aromatic heterocycles. The van der Waals surface area contributed by atoms with Crippen molar-refractivity contribution in [2.75, 3.05) is 13.1 Å².